The molecule has 1 heterocycles. The number of nitrogens with two attached hydrogens (primary N) is 1. The summed E-state index contributed by atoms with van der Waals surface area (Å²) in [5.74, 6) is 1.30. The third-order valence-electron chi connectivity index (χ3n) is 2.20. The Morgan fingerprint density at radius 3 is 2.36 bits per heavy atom. The lowest BCUT2D eigenvalue weighted by molar-refractivity contribution is 0.812. The molecule has 0 saturated heterocycles. The lowest BCUT2D eigenvalue weighted by atomic mass is 10.3. The fourth-order valence-corrected chi connectivity index (χ4v) is 1.33. The Morgan fingerprint density at radius 1 is 1.21 bits per heavy atom. The SMILES string of the molecule is CCc1cc(N)nc(N(CC)CC)n1. The highest BCUT2D eigenvalue weighted by molar-refractivity contribution is 5.40. The van der Waals surface area contributed by atoms with Crippen LogP contribution in [0.5, 0.6) is 0 Å². The Balaban J connectivity index is 3.01. The summed E-state index contributed by atoms with van der Waals surface area (Å²) in [6.07, 6.45) is 0.890. The van der Waals surface area contributed by atoms with E-state index in [-0.39, 0.29) is 0 Å². The van der Waals surface area contributed by atoms with E-state index in [1.54, 1.807) is 0 Å². The van der Waals surface area contributed by atoms with Gasteiger partial charge in [0.25, 0.3) is 0 Å². The summed E-state index contributed by atoms with van der Waals surface area (Å²) in [5, 5.41) is 0. The first-order valence-electron chi connectivity index (χ1n) is 5.09. The molecule has 1 aromatic rings. The molecule has 0 fully saturated rings. The van der Waals surface area contributed by atoms with Crippen LogP contribution in [0.1, 0.15) is 26.5 Å². The third kappa shape index (κ3) is 2.34. The lowest BCUT2D eigenvalue weighted by Crippen LogP contribution is -2.24. The van der Waals surface area contributed by atoms with Crippen molar-refractivity contribution in [3.63, 3.8) is 0 Å². The minimum absolute atomic E-state index is 0.554. The molecular formula is C10H18N4. The standard InChI is InChI=1S/C10H18N4/c1-4-8-7-9(11)13-10(12-8)14(5-2)6-3/h7H,4-6H2,1-3H3,(H2,11,12,13). The van der Waals surface area contributed by atoms with Gasteiger partial charge in [0.1, 0.15) is 5.82 Å². The molecule has 0 radical (unpaired) electrons. The van der Waals surface area contributed by atoms with Crippen LogP contribution in [-0.4, -0.2) is 23.1 Å². The average molecular weight is 194 g/mol. The number of anilines is 2. The lowest BCUT2D eigenvalue weighted by Gasteiger charge is -2.19. The maximum atomic E-state index is 5.70. The summed E-state index contributed by atoms with van der Waals surface area (Å²) in [7, 11) is 0. The first-order valence-corrected chi connectivity index (χ1v) is 5.09. The van der Waals surface area contributed by atoms with Crippen molar-refractivity contribution in [1.82, 2.24) is 9.97 Å². The van der Waals surface area contributed by atoms with Gasteiger partial charge in [0.15, 0.2) is 0 Å². The van der Waals surface area contributed by atoms with Crippen LogP contribution in [0.15, 0.2) is 6.07 Å². The molecule has 0 aromatic carbocycles. The zero-order chi connectivity index (χ0) is 10.6. The molecule has 78 valence electrons. The van der Waals surface area contributed by atoms with Crippen LogP contribution in [0.2, 0.25) is 0 Å². The molecule has 4 nitrogen and oxygen atoms in total. The monoisotopic (exact) mass is 194 g/mol. The second kappa shape index (κ2) is 4.79. The summed E-state index contributed by atoms with van der Waals surface area (Å²) in [6.45, 7) is 8.04. The molecule has 2 N–H and O–H groups in total. The molecule has 0 aliphatic carbocycles. The van der Waals surface area contributed by atoms with Gasteiger partial charge in [-0.15, -0.1) is 0 Å². The molecule has 0 saturated carbocycles. The number of aryl methyl sites for hydroxylation is 1. The van der Waals surface area contributed by atoms with Crippen molar-refractivity contribution < 1.29 is 0 Å². The Bertz CT molecular complexity index is 294. The van der Waals surface area contributed by atoms with E-state index < -0.39 is 0 Å². The summed E-state index contributed by atoms with van der Waals surface area (Å²) < 4.78 is 0. The van der Waals surface area contributed by atoms with Crippen molar-refractivity contribution >= 4 is 11.8 Å². The molecule has 4 heteroatoms. The van der Waals surface area contributed by atoms with Crippen molar-refractivity contribution in [3.05, 3.63) is 11.8 Å². The summed E-state index contributed by atoms with van der Waals surface area (Å²) >= 11 is 0. The molecule has 0 amide bonds. The van der Waals surface area contributed by atoms with Gasteiger partial charge < -0.3 is 10.6 Å². The van der Waals surface area contributed by atoms with Gasteiger partial charge in [-0.25, -0.2) is 4.98 Å². The predicted octanol–water partition coefficient (Wildman–Crippen LogP) is 1.47. The van der Waals surface area contributed by atoms with Crippen LogP contribution in [0, 0.1) is 0 Å². The van der Waals surface area contributed by atoms with E-state index >= 15 is 0 Å². The van der Waals surface area contributed by atoms with Crippen molar-refractivity contribution in [2.24, 2.45) is 0 Å². The number of rotatable bonds is 4. The van der Waals surface area contributed by atoms with Gasteiger partial charge in [0, 0.05) is 24.8 Å². The van der Waals surface area contributed by atoms with E-state index in [0.29, 0.717) is 5.82 Å². The molecule has 0 aliphatic rings. The van der Waals surface area contributed by atoms with Gasteiger partial charge in [-0.2, -0.15) is 4.98 Å². The van der Waals surface area contributed by atoms with E-state index in [4.69, 9.17) is 5.73 Å². The number of aromatic nitrogens is 2. The van der Waals surface area contributed by atoms with Gasteiger partial charge in [-0.3, -0.25) is 0 Å². The smallest absolute Gasteiger partial charge is 0.227 e. The van der Waals surface area contributed by atoms with Gasteiger partial charge >= 0.3 is 0 Å². The van der Waals surface area contributed by atoms with E-state index in [2.05, 4.69) is 35.6 Å². The van der Waals surface area contributed by atoms with Crippen molar-refractivity contribution in [2.45, 2.75) is 27.2 Å². The molecule has 0 aliphatic heterocycles. The van der Waals surface area contributed by atoms with E-state index in [1.165, 1.54) is 0 Å². The van der Waals surface area contributed by atoms with Crippen molar-refractivity contribution in [1.29, 1.82) is 0 Å². The zero-order valence-corrected chi connectivity index (χ0v) is 9.12. The second-order valence-electron chi connectivity index (χ2n) is 3.11. The van der Waals surface area contributed by atoms with E-state index in [9.17, 15) is 0 Å². The maximum Gasteiger partial charge on any atom is 0.227 e. The van der Waals surface area contributed by atoms with Gasteiger partial charge in [-0.1, -0.05) is 6.92 Å². The van der Waals surface area contributed by atoms with Crippen LogP contribution >= 0.6 is 0 Å². The largest absolute Gasteiger partial charge is 0.384 e. The number of nitrogen functional groups attached to an aromatic ring is 1. The van der Waals surface area contributed by atoms with Gasteiger partial charge in [0.2, 0.25) is 5.95 Å². The minimum atomic E-state index is 0.554. The second-order valence-corrected chi connectivity index (χ2v) is 3.11. The highest BCUT2D eigenvalue weighted by Crippen LogP contribution is 2.11. The fourth-order valence-electron chi connectivity index (χ4n) is 1.33. The number of nitrogens with zero attached hydrogens (tertiary/aromatic N) is 3. The Kier molecular flexibility index (Phi) is 3.68. The normalized spacial score (nSPS) is 10.2. The quantitative estimate of drug-likeness (QED) is 0.788. The van der Waals surface area contributed by atoms with Gasteiger partial charge in [0.05, 0.1) is 0 Å². The maximum absolute atomic E-state index is 5.70. The van der Waals surface area contributed by atoms with E-state index in [1.807, 2.05) is 6.07 Å². The molecule has 1 rings (SSSR count). The van der Waals surface area contributed by atoms with Crippen LogP contribution in [-0.2, 0) is 6.42 Å². The molecule has 0 spiro atoms. The average Bonchev–Trinajstić information content (AvgIpc) is 2.19. The van der Waals surface area contributed by atoms with E-state index in [0.717, 1.165) is 31.2 Å². The Morgan fingerprint density at radius 2 is 1.86 bits per heavy atom. The molecular weight excluding hydrogens is 176 g/mol. The molecule has 0 unspecified atom stereocenters. The first kappa shape index (κ1) is 10.8. The third-order valence-corrected chi connectivity index (χ3v) is 2.20. The summed E-state index contributed by atoms with van der Waals surface area (Å²) in [6, 6.07) is 1.83. The molecule has 14 heavy (non-hydrogen) atoms. The Labute approximate surface area is 85.2 Å². The Hall–Kier alpha value is -1.32. The molecule has 1 aromatic heterocycles. The van der Waals surface area contributed by atoms with Crippen LogP contribution in [0.3, 0.4) is 0 Å². The fraction of sp³-hybridized carbons (Fsp3) is 0.600. The van der Waals surface area contributed by atoms with Crippen LogP contribution < -0.4 is 10.6 Å². The number of hydrogen-bond donors (Lipinski definition) is 1. The minimum Gasteiger partial charge on any atom is -0.384 e. The highest BCUT2D eigenvalue weighted by atomic mass is 15.2. The van der Waals surface area contributed by atoms with Crippen LogP contribution in [0.25, 0.3) is 0 Å². The molecule has 0 bridgehead atoms. The summed E-state index contributed by atoms with van der Waals surface area (Å²) in [4.78, 5) is 10.7. The van der Waals surface area contributed by atoms with Crippen molar-refractivity contribution in [3.8, 4) is 0 Å². The van der Waals surface area contributed by atoms with Gasteiger partial charge in [-0.05, 0) is 20.3 Å². The summed E-state index contributed by atoms with van der Waals surface area (Å²) in [5.41, 5.74) is 6.70. The molecule has 0 atom stereocenters. The van der Waals surface area contributed by atoms with Crippen molar-refractivity contribution in [2.75, 3.05) is 23.7 Å². The zero-order valence-electron chi connectivity index (χ0n) is 9.12. The predicted molar refractivity (Wildman–Crippen MR) is 59.4 cm³/mol. The first-order chi connectivity index (χ1) is 6.71. The topological polar surface area (TPSA) is 55.0 Å². The number of hydrogen-bond acceptors (Lipinski definition) is 4. The van der Waals surface area contributed by atoms with Crippen LogP contribution in [0.4, 0.5) is 11.8 Å². The highest BCUT2D eigenvalue weighted by Gasteiger charge is 2.06.